The normalized spacial score (nSPS) is 44.3. The van der Waals surface area contributed by atoms with Gasteiger partial charge in [0.25, 0.3) is 0 Å². The molecule has 0 aliphatic heterocycles. The van der Waals surface area contributed by atoms with Gasteiger partial charge in [0.05, 0.1) is 0 Å². The molecule has 4 aliphatic rings. The molecule has 0 heterocycles. The number of rotatable bonds is 3. The van der Waals surface area contributed by atoms with Gasteiger partial charge in [0.2, 0.25) is 0 Å². The molecule has 0 aromatic heterocycles. The maximum absolute atomic E-state index is 12.1. The SMILES string of the molecule is FC(F)(F)SNCC12CC3CC(CC(C3)C1)C2. The summed E-state index contributed by atoms with van der Waals surface area (Å²) in [6.07, 6.45) is 7.49. The molecule has 0 aromatic carbocycles. The average Bonchev–Trinajstić information content (AvgIpc) is 2.11. The first-order valence-corrected chi connectivity index (χ1v) is 7.23. The summed E-state index contributed by atoms with van der Waals surface area (Å²) in [7, 11) is 0. The van der Waals surface area contributed by atoms with Crippen molar-refractivity contribution in [1.82, 2.24) is 4.72 Å². The quantitative estimate of drug-likeness (QED) is 0.775. The monoisotopic (exact) mass is 265 g/mol. The zero-order valence-electron chi connectivity index (χ0n) is 9.72. The van der Waals surface area contributed by atoms with Crippen LogP contribution in [0.5, 0.6) is 0 Å². The van der Waals surface area contributed by atoms with Crippen LogP contribution >= 0.6 is 11.9 Å². The number of halogens is 3. The highest BCUT2D eigenvalue weighted by Gasteiger charge is 2.50. The zero-order valence-corrected chi connectivity index (χ0v) is 10.5. The van der Waals surface area contributed by atoms with Gasteiger partial charge < -0.3 is 0 Å². The van der Waals surface area contributed by atoms with Gasteiger partial charge in [-0.25, -0.2) is 0 Å². The molecule has 4 fully saturated rings. The molecule has 0 spiro atoms. The molecule has 0 atom stereocenters. The van der Waals surface area contributed by atoms with Crippen LogP contribution in [0.4, 0.5) is 13.2 Å². The molecular weight excluding hydrogens is 247 g/mol. The molecule has 0 radical (unpaired) electrons. The fourth-order valence-corrected chi connectivity index (χ4v) is 5.32. The Kier molecular flexibility index (Phi) is 2.90. The Morgan fingerprint density at radius 2 is 1.47 bits per heavy atom. The van der Waals surface area contributed by atoms with Crippen molar-refractivity contribution in [2.45, 2.75) is 44.0 Å². The maximum atomic E-state index is 12.1. The first-order valence-electron chi connectivity index (χ1n) is 6.42. The topological polar surface area (TPSA) is 12.0 Å². The van der Waals surface area contributed by atoms with Gasteiger partial charge >= 0.3 is 5.51 Å². The van der Waals surface area contributed by atoms with Crippen LogP contribution in [0.15, 0.2) is 0 Å². The Balaban J connectivity index is 1.59. The highest BCUT2D eigenvalue weighted by molar-refractivity contribution is 7.98. The van der Waals surface area contributed by atoms with Gasteiger partial charge in [-0.15, -0.1) is 0 Å². The summed E-state index contributed by atoms with van der Waals surface area (Å²) in [5.74, 6) is 2.41. The first kappa shape index (κ1) is 12.2. The van der Waals surface area contributed by atoms with Crippen LogP contribution in [0, 0.1) is 23.2 Å². The predicted molar refractivity (Wildman–Crippen MR) is 62.3 cm³/mol. The van der Waals surface area contributed by atoms with Crippen LogP contribution in [-0.2, 0) is 0 Å². The smallest absolute Gasteiger partial charge is 0.256 e. The molecule has 4 rings (SSSR count). The second-order valence-electron chi connectivity index (χ2n) is 6.29. The summed E-state index contributed by atoms with van der Waals surface area (Å²) < 4.78 is 38.9. The van der Waals surface area contributed by atoms with Gasteiger partial charge in [-0.1, -0.05) is 0 Å². The lowest BCUT2D eigenvalue weighted by Gasteiger charge is -2.56. The number of hydrogen-bond acceptors (Lipinski definition) is 2. The third-order valence-corrected chi connectivity index (χ3v) is 5.32. The van der Waals surface area contributed by atoms with E-state index in [0.29, 0.717) is 6.54 Å². The zero-order chi connectivity index (χ0) is 12.1. The summed E-state index contributed by atoms with van der Waals surface area (Å²) >= 11 is -0.0675. The molecule has 0 saturated heterocycles. The van der Waals surface area contributed by atoms with E-state index >= 15 is 0 Å². The summed E-state index contributed by atoms with van der Waals surface area (Å²) in [5.41, 5.74) is -3.96. The van der Waals surface area contributed by atoms with Gasteiger partial charge in [-0.05, 0) is 61.7 Å². The Morgan fingerprint density at radius 3 is 1.88 bits per heavy atom. The summed E-state index contributed by atoms with van der Waals surface area (Å²) in [4.78, 5) is 0. The second kappa shape index (κ2) is 4.05. The molecule has 17 heavy (non-hydrogen) atoms. The molecule has 4 bridgehead atoms. The van der Waals surface area contributed by atoms with Gasteiger partial charge in [0.15, 0.2) is 0 Å². The molecular formula is C12H18F3NS. The van der Waals surface area contributed by atoms with E-state index in [1.165, 1.54) is 19.3 Å². The highest BCUT2D eigenvalue weighted by atomic mass is 32.2. The van der Waals surface area contributed by atoms with E-state index in [1.807, 2.05) is 0 Å². The Bertz CT molecular complexity index is 267. The molecule has 1 N–H and O–H groups in total. The molecule has 0 amide bonds. The lowest BCUT2D eigenvalue weighted by molar-refractivity contribution is -0.0505. The van der Waals surface area contributed by atoms with E-state index in [0.717, 1.165) is 37.0 Å². The maximum Gasteiger partial charge on any atom is 0.456 e. The van der Waals surface area contributed by atoms with Crippen molar-refractivity contribution in [3.05, 3.63) is 0 Å². The number of nitrogens with one attached hydrogen (secondary N) is 1. The van der Waals surface area contributed by atoms with E-state index in [-0.39, 0.29) is 17.4 Å². The summed E-state index contributed by atoms with van der Waals surface area (Å²) in [5, 5.41) is 0. The molecule has 5 heteroatoms. The summed E-state index contributed by atoms with van der Waals surface area (Å²) in [6.45, 7) is 0.542. The van der Waals surface area contributed by atoms with Crippen molar-refractivity contribution in [2.24, 2.45) is 23.2 Å². The third kappa shape index (κ3) is 2.60. The Morgan fingerprint density at radius 1 is 1.00 bits per heavy atom. The highest BCUT2D eigenvalue weighted by Crippen LogP contribution is 2.59. The van der Waals surface area contributed by atoms with Crippen LogP contribution in [0.3, 0.4) is 0 Å². The van der Waals surface area contributed by atoms with Crippen LogP contribution in [-0.4, -0.2) is 12.1 Å². The lowest BCUT2D eigenvalue weighted by atomic mass is 9.50. The van der Waals surface area contributed by atoms with E-state index in [2.05, 4.69) is 4.72 Å². The fourth-order valence-electron chi connectivity index (χ4n) is 4.78. The van der Waals surface area contributed by atoms with Crippen molar-refractivity contribution < 1.29 is 13.2 Å². The molecule has 4 saturated carbocycles. The fraction of sp³-hybridized carbons (Fsp3) is 1.00. The predicted octanol–water partition coefficient (Wildman–Crippen LogP) is 3.96. The summed E-state index contributed by atoms with van der Waals surface area (Å²) in [6, 6.07) is 0. The molecule has 0 aromatic rings. The van der Waals surface area contributed by atoms with E-state index < -0.39 is 5.51 Å². The van der Waals surface area contributed by atoms with Crippen LogP contribution in [0.2, 0.25) is 0 Å². The van der Waals surface area contributed by atoms with E-state index in [1.54, 1.807) is 0 Å². The minimum absolute atomic E-state index is 0.0675. The number of alkyl halides is 3. The lowest BCUT2D eigenvalue weighted by Crippen LogP contribution is -2.49. The van der Waals surface area contributed by atoms with Crippen molar-refractivity contribution in [3.63, 3.8) is 0 Å². The third-order valence-electron chi connectivity index (χ3n) is 4.80. The van der Waals surface area contributed by atoms with Crippen molar-refractivity contribution >= 4 is 11.9 Å². The molecule has 4 aliphatic carbocycles. The molecule has 98 valence electrons. The minimum atomic E-state index is -4.15. The van der Waals surface area contributed by atoms with Crippen LogP contribution in [0.25, 0.3) is 0 Å². The standard InChI is InChI=1S/C12H18F3NS/c13-12(14,15)17-16-7-11-4-8-1-9(5-11)3-10(2-8)6-11/h8-10,16H,1-7H2. The van der Waals surface area contributed by atoms with E-state index in [4.69, 9.17) is 0 Å². The van der Waals surface area contributed by atoms with Gasteiger partial charge in [0, 0.05) is 18.5 Å². The average molecular weight is 265 g/mol. The van der Waals surface area contributed by atoms with Gasteiger partial charge in [-0.3, -0.25) is 4.72 Å². The Hall–Kier alpha value is 0.1000. The minimum Gasteiger partial charge on any atom is -0.256 e. The van der Waals surface area contributed by atoms with Crippen molar-refractivity contribution in [1.29, 1.82) is 0 Å². The number of hydrogen-bond donors (Lipinski definition) is 1. The Labute approximate surface area is 104 Å². The van der Waals surface area contributed by atoms with Crippen molar-refractivity contribution in [2.75, 3.05) is 6.54 Å². The van der Waals surface area contributed by atoms with Gasteiger partial charge in [-0.2, -0.15) is 13.2 Å². The van der Waals surface area contributed by atoms with Gasteiger partial charge in [0.1, 0.15) is 0 Å². The molecule has 0 unspecified atom stereocenters. The van der Waals surface area contributed by atoms with Crippen molar-refractivity contribution in [3.8, 4) is 0 Å². The van der Waals surface area contributed by atoms with E-state index in [9.17, 15) is 13.2 Å². The second-order valence-corrected chi connectivity index (χ2v) is 7.24. The molecule has 1 nitrogen and oxygen atoms in total. The first-order chi connectivity index (χ1) is 7.94. The largest absolute Gasteiger partial charge is 0.456 e. The van der Waals surface area contributed by atoms with Crippen LogP contribution in [0.1, 0.15) is 38.5 Å². The van der Waals surface area contributed by atoms with Crippen LogP contribution < -0.4 is 4.72 Å².